The fraction of sp³-hybridized carbons (Fsp3) is 0.360. The van der Waals surface area contributed by atoms with Crippen molar-refractivity contribution in [2.45, 2.75) is 31.6 Å². The van der Waals surface area contributed by atoms with Gasteiger partial charge >= 0.3 is 17.9 Å². The van der Waals surface area contributed by atoms with Gasteiger partial charge in [-0.15, -0.1) is 0 Å². The second-order valence-electron chi connectivity index (χ2n) is 9.25. The summed E-state index contributed by atoms with van der Waals surface area (Å²) in [5.41, 5.74) is -0.0722. The van der Waals surface area contributed by atoms with Crippen LogP contribution in [0, 0.1) is 0 Å². The Hall–Kier alpha value is -4.09. The number of nitrogens with zero attached hydrogens (tertiary/aromatic N) is 4. The van der Waals surface area contributed by atoms with Gasteiger partial charge in [0, 0.05) is 19.1 Å². The molecule has 0 unspecified atom stereocenters. The predicted molar refractivity (Wildman–Crippen MR) is 126 cm³/mol. The van der Waals surface area contributed by atoms with E-state index in [0.29, 0.717) is 18.4 Å². The number of piperazine rings is 1. The van der Waals surface area contributed by atoms with Crippen LogP contribution in [0.25, 0.3) is 11.0 Å². The Morgan fingerprint density at radius 3 is 2.19 bits per heavy atom. The molecule has 0 atom stereocenters. The van der Waals surface area contributed by atoms with E-state index in [4.69, 9.17) is 0 Å². The van der Waals surface area contributed by atoms with Crippen LogP contribution >= 0.6 is 0 Å². The first-order valence-electron chi connectivity index (χ1n) is 11.8. The number of urea groups is 1. The van der Waals surface area contributed by atoms with Crippen molar-refractivity contribution in [2.75, 3.05) is 26.2 Å². The fourth-order valence-corrected chi connectivity index (χ4v) is 4.96. The molecule has 1 N–H and O–H groups in total. The Morgan fingerprint density at radius 1 is 0.919 bits per heavy atom. The van der Waals surface area contributed by atoms with E-state index in [1.165, 1.54) is 20.4 Å². The second kappa shape index (κ2) is 9.41. The lowest BCUT2D eigenvalue weighted by Gasteiger charge is -2.38. The summed E-state index contributed by atoms with van der Waals surface area (Å²) in [5.74, 6) is -0.904. The Kier molecular flexibility index (Phi) is 6.26. The number of nitrogens with one attached hydrogen (secondary N) is 1. The van der Waals surface area contributed by atoms with Crippen molar-refractivity contribution in [3.05, 3.63) is 70.1 Å². The average Bonchev–Trinajstić information content (AvgIpc) is 3.20. The number of aromatic amines is 1. The molecule has 12 heteroatoms. The summed E-state index contributed by atoms with van der Waals surface area (Å²) in [7, 11) is 0. The number of hydrogen-bond acceptors (Lipinski definition) is 4. The van der Waals surface area contributed by atoms with Crippen molar-refractivity contribution < 1.29 is 27.6 Å². The van der Waals surface area contributed by atoms with Gasteiger partial charge in [0.05, 0.1) is 23.1 Å². The lowest BCUT2D eigenvalue weighted by molar-refractivity contribution is -0.151. The van der Waals surface area contributed by atoms with Gasteiger partial charge in [0.25, 0.3) is 0 Å². The summed E-state index contributed by atoms with van der Waals surface area (Å²) in [4.78, 5) is 57.3. The zero-order valence-electron chi connectivity index (χ0n) is 19.7. The highest BCUT2D eigenvalue weighted by atomic mass is 19.4. The molecule has 2 aliphatic heterocycles. The molecule has 194 valence electrons. The van der Waals surface area contributed by atoms with Crippen molar-refractivity contribution >= 4 is 28.9 Å². The van der Waals surface area contributed by atoms with Gasteiger partial charge in [-0.1, -0.05) is 30.3 Å². The van der Waals surface area contributed by atoms with Crippen molar-refractivity contribution in [2.24, 2.45) is 0 Å². The highest BCUT2D eigenvalue weighted by Crippen LogP contribution is 2.32. The number of carbonyl (C=O) groups excluding carboxylic acids is 3. The smallest absolute Gasteiger partial charge is 0.324 e. The molecule has 0 aliphatic carbocycles. The molecule has 1 aromatic heterocycles. The SMILES string of the molecule is O=C(N1CCC(n2c(=O)[nH]c3cc(C(F)(F)F)ccc32)CC1)N1CC(=O)N(Cc2ccccc2)C(=O)C1. The van der Waals surface area contributed by atoms with Crippen LogP contribution in [0.5, 0.6) is 0 Å². The first-order valence-corrected chi connectivity index (χ1v) is 11.8. The molecule has 2 fully saturated rings. The van der Waals surface area contributed by atoms with E-state index >= 15 is 0 Å². The van der Waals surface area contributed by atoms with Crippen LogP contribution in [-0.4, -0.2) is 68.3 Å². The number of benzene rings is 2. The van der Waals surface area contributed by atoms with Gasteiger partial charge in [-0.3, -0.25) is 19.1 Å². The number of imide groups is 1. The highest BCUT2D eigenvalue weighted by molar-refractivity contribution is 6.02. The van der Waals surface area contributed by atoms with Gasteiger partial charge in [0.2, 0.25) is 11.8 Å². The average molecular weight is 515 g/mol. The van der Waals surface area contributed by atoms with E-state index in [-0.39, 0.29) is 44.3 Å². The number of aromatic nitrogens is 2. The molecule has 2 saturated heterocycles. The number of amides is 4. The van der Waals surface area contributed by atoms with Gasteiger partial charge in [0.1, 0.15) is 13.1 Å². The summed E-state index contributed by atoms with van der Waals surface area (Å²) in [5, 5.41) is 0. The van der Waals surface area contributed by atoms with Crippen molar-refractivity contribution in [1.29, 1.82) is 0 Å². The standard InChI is InChI=1S/C25H24F3N5O4/c26-25(27,28)17-6-7-20-19(12-17)29-23(36)33(20)18-8-10-30(11-9-18)24(37)31-14-21(34)32(22(35)15-31)13-16-4-2-1-3-5-16/h1-7,12,18H,8-11,13-15H2,(H,29,36). The normalized spacial score (nSPS) is 17.6. The number of alkyl halides is 3. The quantitative estimate of drug-likeness (QED) is 0.543. The molecule has 0 radical (unpaired) electrons. The number of carbonyl (C=O) groups is 3. The molecule has 0 saturated carbocycles. The third-order valence-corrected chi connectivity index (χ3v) is 6.85. The van der Waals surface area contributed by atoms with Crippen LogP contribution in [0.1, 0.15) is 30.0 Å². The maximum Gasteiger partial charge on any atom is 0.416 e. The Morgan fingerprint density at radius 2 is 1.57 bits per heavy atom. The molecular weight excluding hydrogens is 491 g/mol. The zero-order valence-corrected chi connectivity index (χ0v) is 19.7. The van der Waals surface area contributed by atoms with Crippen LogP contribution in [-0.2, 0) is 22.3 Å². The van der Waals surface area contributed by atoms with E-state index in [0.717, 1.165) is 22.6 Å². The predicted octanol–water partition coefficient (Wildman–Crippen LogP) is 2.98. The van der Waals surface area contributed by atoms with Gasteiger partial charge < -0.3 is 14.8 Å². The van der Waals surface area contributed by atoms with E-state index in [9.17, 15) is 32.3 Å². The number of likely N-dealkylation sites (tertiary alicyclic amines) is 1. The third-order valence-electron chi connectivity index (χ3n) is 6.85. The molecule has 9 nitrogen and oxygen atoms in total. The third kappa shape index (κ3) is 4.83. The summed E-state index contributed by atoms with van der Waals surface area (Å²) in [6.07, 6.45) is -3.72. The molecule has 0 spiro atoms. The maximum atomic E-state index is 13.1. The number of piperidine rings is 1. The van der Waals surface area contributed by atoms with Crippen molar-refractivity contribution in [1.82, 2.24) is 24.3 Å². The van der Waals surface area contributed by atoms with E-state index in [1.54, 1.807) is 0 Å². The monoisotopic (exact) mass is 515 g/mol. The number of halogens is 3. The van der Waals surface area contributed by atoms with Crippen LogP contribution in [0.15, 0.2) is 53.3 Å². The molecule has 2 aromatic carbocycles. The van der Waals surface area contributed by atoms with Crippen molar-refractivity contribution in [3.63, 3.8) is 0 Å². The molecule has 5 rings (SSSR count). The Balaban J connectivity index is 1.23. The molecular formula is C25H24F3N5O4. The summed E-state index contributed by atoms with van der Waals surface area (Å²) in [6.45, 7) is 0.281. The van der Waals surface area contributed by atoms with Gasteiger partial charge in [-0.2, -0.15) is 13.2 Å². The second-order valence-corrected chi connectivity index (χ2v) is 9.25. The molecule has 3 heterocycles. The fourth-order valence-electron chi connectivity index (χ4n) is 4.96. The molecule has 0 bridgehead atoms. The van der Waals surface area contributed by atoms with Crippen LogP contribution < -0.4 is 5.69 Å². The topological polar surface area (TPSA) is 98.7 Å². The van der Waals surface area contributed by atoms with Gasteiger partial charge in [-0.25, -0.2) is 9.59 Å². The minimum Gasteiger partial charge on any atom is -0.324 e. The summed E-state index contributed by atoms with van der Waals surface area (Å²) in [6, 6.07) is 11.5. The highest BCUT2D eigenvalue weighted by Gasteiger charge is 2.37. The van der Waals surface area contributed by atoms with Gasteiger partial charge in [0.15, 0.2) is 0 Å². The van der Waals surface area contributed by atoms with Gasteiger partial charge in [-0.05, 0) is 36.6 Å². The van der Waals surface area contributed by atoms with E-state index in [2.05, 4.69) is 4.98 Å². The summed E-state index contributed by atoms with van der Waals surface area (Å²) < 4.78 is 40.5. The minimum absolute atomic E-state index is 0.101. The number of fused-ring (bicyclic) bond motifs is 1. The zero-order chi connectivity index (χ0) is 26.3. The number of hydrogen-bond donors (Lipinski definition) is 1. The number of imidazole rings is 1. The van der Waals surface area contributed by atoms with Crippen LogP contribution in [0.3, 0.4) is 0 Å². The Labute approximate surface area is 209 Å². The number of rotatable bonds is 3. The molecule has 4 amide bonds. The lowest BCUT2D eigenvalue weighted by Crippen LogP contribution is -2.58. The Bertz CT molecular complexity index is 1390. The first-order chi connectivity index (χ1) is 17.6. The molecule has 37 heavy (non-hydrogen) atoms. The van der Waals surface area contributed by atoms with Crippen molar-refractivity contribution in [3.8, 4) is 0 Å². The van der Waals surface area contributed by atoms with E-state index in [1.807, 2.05) is 30.3 Å². The summed E-state index contributed by atoms with van der Waals surface area (Å²) >= 11 is 0. The first kappa shape index (κ1) is 24.6. The van der Waals surface area contributed by atoms with E-state index < -0.39 is 35.3 Å². The largest absolute Gasteiger partial charge is 0.416 e. The minimum atomic E-state index is -4.52. The molecule has 3 aromatic rings. The lowest BCUT2D eigenvalue weighted by atomic mass is 10.0. The van der Waals surface area contributed by atoms with Crippen LogP contribution in [0.4, 0.5) is 18.0 Å². The van der Waals surface area contributed by atoms with Crippen LogP contribution in [0.2, 0.25) is 0 Å². The number of H-pyrrole nitrogens is 1. The molecule has 2 aliphatic rings. The maximum absolute atomic E-state index is 13.1.